The maximum Gasteiger partial charge on any atom is 0.244 e. The lowest BCUT2D eigenvalue weighted by molar-refractivity contribution is 0.453. The van der Waals surface area contributed by atoms with Crippen LogP contribution in [-0.4, -0.2) is 24.6 Å². The van der Waals surface area contributed by atoms with E-state index in [1.54, 1.807) is 19.1 Å². The summed E-state index contributed by atoms with van der Waals surface area (Å²) in [5, 5.41) is 9.84. The number of phenols is 1. The highest BCUT2D eigenvalue weighted by Gasteiger charge is 2.18. The molecular formula is C14H18N2O3S. The van der Waals surface area contributed by atoms with E-state index >= 15 is 0 Å². The summed E-state index contributed by atoms with van der Waals surface area (Å²) in [7, 11) is -1.78. The van der Waals surface area contributed by atoms with Crippen LogP contribution < -0.4 is 4.72 Å². The van der Waals surface area contributed by atoms with Crippen molar-refractivity contribution >= 4 is 10.0 Å². The molecule has 2 N–H and O–H groups in total. The lowest BCUT2D eigenvalue weighted by Gasteiger charge is -2.10. The lowest BCUT2D eigenvalue weighted by Crippen LogP contribution is -2.26. The minimum absolute atomic E-state index is 0.0793. The lowest BCUT2D eigenvalue weighted by atomic mass is 10.2. The van der Waals surface area contributed by atoms with Gasteiger partial charge in [0, 0.05) is 31.9 Å². The Labute approximate surface area is 118 Å². The number of nitrogens with one attached hydrogen (secondary N) is 1. The summed E-state index contributed by atoms with van der Waals surface area (Å²) < 4.78 is 28.7. The second kappa shape index (κ2) is 5.68. The topological polar surface area (TPSA) is 71.3 Å². The predicted molar refractivity (Wildman–Crippen MR) is 77.1 cm³/mol. The normalized spacial score (nSPS) is 11.7. The number of sulfonamides is 1. The molecule has 0 unspecified atom stereocenters. The molecule has 1 aromatic heterocycles. The van der Waals surface area contributed by atoms with Gasteiger partial charge in [0.2, 0.25) is 10.0 Å². The van der Waals surface area contributed by atoms with Crippen molar-refractivity contribution < 1.29 is 13.5 Å². The molecule has 0 fully saturated rings. The molecule has 0 saturated heterocycles. The number of hydrogen-bond donors (Lipinski definition) is 2. The Morgan fingerprint density at radius 1 is 1.25 bits per heavy atom. The third-order valence-corrected chi connectivity index (χ3v) is 4.71. The van der Waals surface area contributed by atoms with Gasteiger partial charge in [-0.3, -0.25) is 0 Å². The highest BCUT2D eigenvalue weighted by atomic mass is 32.2. The summed E-state index contributed by atoms with van der Waals surface area (Å²) in [6.07, 6.45) is 2.51. The highest BCUT2D eigenvalue weighted by molar-refractivity contribution is 7.89. The zero-order chi connectivity index (χ0) is 14.8. The molecule has 2 rings (SSSR count). The molecule has 1 aromatic carbocycles. The minimum Gasteiger partial charge on any atom is -0.506 e. The number of aromatic hydroxyl groups is 1. The molecule has 0 spiro atoms. The standard InChI is InChI=1S/C14H18N2O3S/c1-11-5-3-7-13(14(11)17)20(18,19)15-9-8-12-6-4-10-16(12)2/h3-7,10,15,17H,8-9H2,1-2H3. The van der Waals surface area contributed by atoms with Gasteiger partial charge in [-0.25, -0.2) is 13.1 Å². The zero-order valence-electron chi connectivity index (χ0n) is 11.5. The Balaban J connectivity index is 2.08. The molecule has 0 saturated carbocycles. The van der Waals surface area contributed by atoms with E-state index in [-0.39, 0.29) is 17.2 Å². The monoisotopic (exact) mass is 294 g/mol. The van der Waals surface area contributed by atoms with Crippen LogP contribution in [0.1, 0.15) is 11.3 Å². The second-order valence-electron chi connectivity index (χ2n) is 4.68. The first-order valence-electron chi connectivity index (χ1n) is 6.30. The molecular weight excluding hydrogens is 276 g/mol. The fraction of sp³-hybridized carbons (Fsp3) is 0.286. The number of para-hydroxylation sites is 1. The molecule has 20 heavy (non-hydrogen) atoms. The maximum absolute atomic E-state index is 12.1. The van der Waals surface area contributed by atoms with Gasteiger partial charge in [-0.2, -0.15) is 0 Å². The average molecular weight is 294 g/mol. The predicted octanol–water partition coefficient (Wildman–Crippen LogP) is 1.56. The van der Waals surface area contributed by atoms with E-state index in [9.17, 15) is 13.5 Å². The molecule has 2 aromatic rings. The Morgan fingerprint density at radius 3 is 2.65 bits per heavy atom. The Bertz CT molecular complexity index is 705. The van der Waals surface area contributed by atoms with Gasteiger partial charge in [0.15, 0.2) is 0 Å². The Kier molecular flexibility index (Phi) is 4.15. The molecule has 0 aliphatic heterocycles. The van der Waals surface area contributed by atoms with Gasteiger partial charge in [-0.05, 0) is 30.7 Å². The fourth-order valence-corrected chi connectivity index (χ4v) is 3.20. The summed E-state index contributed by atoms with van der Waals surface area (Å²) in [6, 6.07) is 8.53. The third-order valence-electron chi connectivity index (χ3n) is 3.21. The second-order valence-corrected chi connectivity index (χ2v) is 6.42. The van der Waals surface area contributed by atoms with Gasteiger partial charge < -0.3 is 9.67 Å². The Hall–Kier alpha value is -1.79. The molecule has 0 radical (unpaired) electrons. The van der Waals surface area contributed by atoms with Crippen molar-refractivity contribution in [2.45, 2.75) is 18.2 Å². The van der Waals surface area contributed by atoms with Gasteiger partial charge >= 0.3 is 0 Å². The number of phenolic OH excluding ortho intramolecular Hbond substituents is 1. The largest absolute Gasteiger partial charge is 0.506 e. The number of aryl methyl sites for hydroxylation is 2. The number of benzene rings is 1. The molecule has 1 heterocycles. The molecule has 0 atom stereocenters. The fourth-order valence-electron chi connectivity index (χ4n) is 2.00. The van der Waals surface area contributed by atoms with Crippen LogP contribution in [0.2, 0.25) is 0 Å². The van der Waals surface area contributed by atoms with Gasteiger partial charge in [0.05, 0.1) is 0 Å². The third kappa shape index (κ3) is 3.02. The van der Waals surface area contributed by atoms with Crippen LogP contribution >= 0.6 is 0 Å². The molecule has 0 amide bonds. The molecule has 0 aliphatic carbocycles. The first-order chi connectivity index (χ1) is 9.42. The molecule has 0 aliphatic rings. The van der Waals surface area contributed by atoms with Crippen molar-refractivity contribution in [3.05, 3.63) is 47.8 Å². The van der Waals surface area contributed by atoms with Crippen molar-refractivity contribution in [3.8, 4) is 5.75 Å². The number of rotatable bonds is 5. The van der Waals surface area contributed by atoms with Crippen LogP contribution in [0.25, 0.3) is 0 Å². The van der Waals surface area contributed by atoms with Crippen molar-refractivity contribution in [1.82, 2.24) is 9.29 Å². The Morgan fingerprint density at radius 2 is 2.00 bits per heavy atom. The summed E-state index contributed by atoms with van der Waals surface area (Å²) in [4.78, 5) is -0.0793. The van der Waals surface area contributed by atoms with E-state index in [0.29, 0.717) is 12.0 Å². The van der Waals surface area contributed by atoms with Crippen molar-refractivity contribution in [3.63, 3.8) is 0 Å². The van der Waals surface area contributed by atoms with Crippen LogP contribution in [0.4, 0.5) is 0 Å². The van der Waals surface area contributed by atoms with E-state index in [1.807, 2.05) is 29.9 Å². The molecule has 108 valence electrons. The van der Waals surface area contributed by atoms with Crippen LogP contribution in [0.15, 0.2) is 41.4 Å². The average Bonchev–Trinajstić information content (AvgIpc) is 2.78. The zero-order valence-corrected chi connectivity index (χ0v) is 12.3. The number of aromatic nitrogens is 1. The van der Waals surface area contributed by atoms with E-state index < -0.39 is 10.0 Å². The summed E-state index contributed by atoms with van der Waals surface area (Å²) >= 11 is 0. The van der Waals surface area contributed by atoms with E-state index in [1.165, 1.54) is 6.07 Å². The van der Waals surface area contributed by atoms with Crippen molar-refractivity contribution in [2.24, 2.45) is 7.05 Å². The van der Waals surface area contributed by atoms with Gasteiger partial charge in [0.1, 0.15) is 10.6 Å². The molecule has 0 bridgehead atoms. The SMILES string of the molecule is Cc1cccc(S(=O)(=O)NCCc2cccn2C)c1O. The first-order valence-corrected chi connectivity index (χ1v) is 7.78. The smallest absolute Gasteiger partial charge is 0.244 e. The maximum atomic E-state index is 12.1. The van der Waals surface area contributed by atoms with Crippen molar-refractivity contribution in [2.75, 3.05) is 6.54 Å². The van der Waals surface area contributed by atoms with E-state index in [2.05, 4.69) is 4.72 Å². The number of hydrogen-bond acceptors (Lipinski definition) is 3. The van der Waals surface area contributed by atoms with Crippen LogP contribution in [0.3, 0.4) is 0 Å². The summed E-state index contributed by atoms with van der Waals surface area (Å²) in [6.45, 7) is 1.95. The number of nitrogens with zero attached hydrogens (tertiary/aromatic N) is 1. The quantitative estimate of drug-likeness (QED) is 0.879. The van der Waals surface area contributed by atoms with Crippen LogP contribution in [-0.2, 0) is 23.5 Å². The molecule has 5 nitrogen and oxygen atoms in total. The van der Waals surface area contributed by atoms with Gasteiger partial charge in [-0.15, -0.1) is 0 Å². The van der Waals surface area contributed by atoms with E-state index in [0.717, 1.165) is 5.69 Å². The van der Waals surface area contributed by atoms with Crippen LogP contribution in [0.5, 0.6) is 5.75 Å². The van der Waals surface area contributed by atoms with Crippen LogP contribution in [0, 0.1) is 6.92 Å². The van der Waals surface area contributed by atoms with Crippen molar-refractivity contribution in [1.29, 1.82) is 0 Å². The summed E-state index contributed by atoms with van der Waals surface area (Å²) in [5.41, 5.74) is 1.58. The minimum atomic E-state index is -3.69. The molecule has 6 heteroatoms. The highest BCUT2D eigenvalue weighted by Crippen LogP contribution is 2.25. The van der Waals surface area contributed by atoms with E-state index in [4.69, 9.17) is 0 Å². The van der Waals surface area contributed by atoms with Gasteiger partial charge in [-0.1, -0.05) is 12.1 Å². The first kappa shape index (κ1) is 14.6. The van der Waals surface area contributed by atoms with Gasteiger partial charge in [0.25, 0.3) is 0 Å². The summed E-state index contributed by atoms with van der Waals surface area (Å²) in [5.74, 6) is -0.195.